The van der Waals surface area contributed by atoms with E-state index in [4.69, 9.17) is 16.3 Å². The Hall–Kier alpha value is -1.47. The van der Waals surface area contributed by atoms with Crippen LogP contribution >= 0.6 is 11.6 Å². The molecule has 1 atom stereocenters. The predicted molar refractivity (Wildman–Crippen MR) is 131 cm³/mol. The van der Waals surface area contributed by atoms with Gasteiger partial charge in [-0.25, -0.2) is 0 Å². The molecule has 1 saturated carbocycles. The summed E-state index contributed by atoms with van der Waals surface area (Å²) in [5, 5.41) is 0.688. The highest BCUT2D eigenvalue weighted by Gasteiger charge is 2.33. The molecule has 3 fully saturated rings. The van der Waals surface area contributed by atoms with E-state index >= 15 is 0 Å². The van der Waals surface area contributed by atoms with Crippen LogP contribution < -0.4 is 0 Å². The van der Waals surface area contributed by atoms with Gasteiger partial charge in [0.05, 0.1) is 19.8 Å². The van der Waals surface area contributed by atoms with Crippen molar-refractivity contribution in [3.63, 3.8) is 0 Å². The van der Waals surface area contributed by atoms with Crippen LogP contribution in [-0.4, -0.2) is 84.9 Å². The molecule has 3 aliphatic rings. The number of carbonyl (C=O) groups is 2. The molecule has 1 aliphatic carbocycles. The zero-order chi connectivity index (χ0) is 23.4. The summed E-state index contributed by atoms with van der Waals surface area (Å²) in [4.78, 5) is 32.3. The number of morpholine rings is 1. The molecule has 2 saturated heterocycles. The average Bonchev–Trinajstić information content (AvgIpc) is 3.32. The molecule has 0 spiro atoms. The summed E-state index contributed by atoms with van der Waals surface area (Å²) in [5.41, 5.74) is 3.37. The van der Waals surface area contributed by atoms with Gasteiger partial charge in [-0.2, -0.15) is 0 Å². The van der Waals surface area contributed by atoms with Crippen LogP contribution in [0.4, 0.5) is 0 Å². The van der Waals surface area contributed by atoms with Gasteiger partial charge in [-0.3, -0.25) is 19.4 Å². The summed E-state index contributed by atoms with van der Waals surface area (Å²) in [6.45, 7) is 11.1. The van der Waals surface area contributed by atoms with Crippen LogP contribution in [0.15, 0.2) is 12.1 Å². The molecule has 6 nitrogen and oxygen atoms in total. The molecule has 4 rings (SSSR count). The molecule has 33 heavy (non-hydrogen) atoms. The maximum atomic E-state index is 12.9. The number of hydrogen-bond donors (Lipinski definition) is 0. The lowest BCUT2D eigenvalue weighted by atomic mass is 9.97. The van der Waals surface area contributed by atoms with Gasteiger partial charge in [0.1, 0.15) is 0 Å². The molecule has 0 radical (unpaired) electrons. The first-order valence-corrected chi connectivity index (χ1v) is 12.9. The van der Waals surface area contributed by atoms with Gasteiger partial charge in [-0.15, -0.1) is 0 Å². The third-order valence-corrected chi connectivity index (χ3v) is 7.79. The summed E-state index contributed by atoms with van der Waals surface area (Å²) in [6, 6.07) is 4.20. The molecule has 7 heteroatoms. The standard InChI is InChI=1S/C26H38ClN3O3/c1-19-16-29(7-8-30(19)26(32)21-5-3-4-6-21)17-23-14-24(27)13-22(20(23)2)15-25(31)18-28-9-11-33-12-10-28/h13-14,19,21H,3-12,15-18H2,1-2H3/t19-/m0/s1. The Morgan fingerprint density at radius 2 is 1.73 bits per heavy atom. The van der Waals surface area contributed by atoms with Crippen molar-refractivity contribution in [2.24, 2.45) is 5.92 Å². The fourth-order valence-corrected chi connectivity index (χ4v) is 5.84. The van der Waals surface area contributed by atoms with Crippen molar-refractivity contribution in [3.05, 3.63) is 33.8 Å². The average molecular weight is 476 g/mol. The van der Waals surface area contributed by atoms with Crippen molar-refractivity contribution in [1.82, 2.24) is 14.7 Å². The zero-order valence-corrected chi connectivity index (χ0v) is 20.9. The first-order chi connectivity index (χ1) is 15.9. The SMILES string of the molecule is Cc1c(CC(=O)CN2CCOCC2)cc(Cl)cc1CN1CCN(C(=O)C2CCCC2)[C@@H](C)C1. The molecule has 1 aromatic carbocycles. The third kappa shape index (κ3) is 6.36. The van der Waals surface area contributed by atoms with Crippen molar-refractivity contribution < 1.29 is 14.3 Å². The highest BCUT2D eigenvalue weighted by atomic mass is 35.5. The minimum absolute atomic E-state index is 0.223. The van der Waals surface area contributed by atoms with Gasteiger partial charge in [0, 0.05) is 62.7 Å². The molecule has 2 heterocycles. The van der Waals surface area contributed by atoms with E-state index in [1.807, 2.05) is 12.1 Å². The molecule has 0 bridgehead atoms. The summed E-state index contributed by atoms with van der Waals surface area (Å²) >= 11 is 6.47. The Morgan fingerprint density at radius 1 is 1.03 bits per heavy atom. The minimum Gasteiger partial charge on any atom is -0.379 e. The van der Waals surface area contributed by atoms with E-state index in [0.29, 0.717) is 37.1 Å². The largest absolute Gasteiger partial charge is 0.379 e. The lowest BCUT2D eigenvalue weighted by molar-refractivity contribution is -0.140. The van der Waals surface area contributed by atoms with Crippen LogP contribution in [-0.2, 0) is 27.3 Å². The Labute approximate surface area is 203 Å². The van der Waals surface area contributed by atoms with E-state index in [1.165, 1.54) is 18.4 Å². The maximum absolute atomic E-state index is 12.9. The van der Waals surface area contributed by atoms with Crippen molar-refractivity contribution >= 4 is 23.3 Å². The van der Waals surface area contributed by atoms with E-state index in [-0.39, 0.29) is 17.7 Å². The van der Waals surface area contributed by atoms with Gasteiger partial charge >= 0.3 is 0 Å². The van der Waals surface area contributed by atoms with Crippen molar-refractivity contribution in [2.75, 3.05) is 52.5 Å². The summed E-state index contributed by atoms with van der Waals surface area (Å²) < 4.78 is 5.38. The van der Waals surface area contributed by atoms with Crippen molar-refractivity contribution in [3.8, 4) is 0 Å². The van der Waals surface area contributed by atoms with Crippen LogP contribution in [0.25, 0.3) is 0 Å². The minimum atomic E-state index is 0.223. The topological polar surface area (TPSA) is 53.1 Å². The van der Waals surface area contributed by atoms with Crippen LogP contribution in [0, 0.1) is 12.8 Å². The number of hydrogen-bond acceptors (Lipinski definition) is 5. The fourth-order valence-electron chi connectivity index (χ4n) is 5.57. The number of carbonyl (C=O) groups excluding carboxylic acids is 2. The predicted octanol–water partition coefficient (Wildman–Crippen LogP) is 3.32. The Kier molecular flexibility index (Phi) is 8.44. The molecular formula is C26H38ClN3O3. The highest BCUT2D eigenvalue weighted by Crippen LogP contribution is 2.29. The van der Waals surface area contributed by atoms with Gasteiger partial charge in [0.15, 0.2) is 5.78 Å². The molecular weight excluding hydrogens is 438 g/mol. The first kappa shape index (κ1) is 24.6. The zero-order valence-electron chi connectivity index (χ0n) is 20.2. The number of benzene rings is 1. The van der Waals surface area contributed by atoms with Crippen molar-refractivity contribution in [2.45, 2.75) is 58.5 Å². The first-order valence-electron chi connectivity index (χ1n) is 12.5. The quantitative estimate of drug-likeness (QED) is 0.605. The number of halogens is 1. The summed E-state index contributed by atoms with van der Waals surface area (Å²) in [7, 11) is 0. The van der Waals surface area contributed by atoms with E-state index in [2.05, 4.69) is 28.5 Å². The molecule has 1 aromatic rings. The summed E-state index contributed by atoms with van der Waals surface area (Å²) in [5.74, 6) is 0.826. The van der Waals surface area contributed by atoms with Crippen LogP contribution in [0.2, 0.25) is 5.02 Å². The second-order valence-corrected chi connectivity index (χ2v) is 10.5. The Balaban J connectivity index is 1.35. The van der Waals surface area contributed by atoms with E-state index in [1.54, 1.807) is 0 Å². The second-order valence-electron chi connectivity index (χ2n) is 10.1. The summed E-state index contributed by atoms with van der Waals surface area (Å²) in [6.07, 6.45) is 4.91. The monoisotopic (exact) mass is 475 g/mol. The number of amides is 1. The lowest BCUT2D eigenvalue weighted by Gasteiger charge is -2.41. The number of nitrogens with zero attached hydrogens (tertiary/aromatic N) is 3. The molecule has 2 aliphatic heterocycles. The molecule has 0 aromatic heterocycles. The van der Waals surface area contributed by atoms with Gasteiger partial charge in [-0.1, -0.05) is 24.4 Å². The fraction of sp³-hybridized carbons (Fsp3) is 0.692. The van der Waals surface area contributed by atoms with Crippen LogP contribution in [0.1, 0.15) is 49.3 Å². The number of ketones is 1. The Morgan fingerprint density at radius 3 is 2.42 bits per heavy atom. The van der Waals surface area contributed by atoms with E-state index < -0.39 is 0 Å². The van der Waals surface area contributed by atoms with Gasteiger partial charge < -0.3 is 9.64 Å². The third-order valence-electron chi connectivity index (χ3n) is 7.57. The number of piperazine rings is 1. The van der Waals surface area contributed by atoms with Gasteiger partial charge in [-0.05, 0) is 55.5 Å². The number of ether oxygens (including phenoxy) is 1. The van der Waals surface area contributed by atoms with Gasteiger partial charge in [0.2, 0.25) is 5.91 Å². The molecule has 182 valence electrons. The number of Topliss-reactive ketones (excluding diaryl/α,β-unsaturated/α-hetero) is 1. The smallest absolute Gasteiger partial charge is 0.226 e. The second kappa shape index (κ2) is 11.3. The van der Waals surface area contributed by atoms with Gasteiger partial charge in [0.25, 0.3) is 0 Å². The number of rotatable bonds is 7. The van der Waals surface area contributed by atoms with Crippen LogP contribution in [0.5, 0.6) is 0 Å². The molecule has 0 N–H and O–H groups in total. The maximum Gasteiger partial charge on any atom is 0.226 e. The van der Waals surface area contributed by atoms with E-state index in [9.17, 15) is 9.59 Å². The highest BCUT2D eigenvalue weighted by molar-refractivity contribution is 6.30. The van der Waals surface area contributed by atoms with E-state index in [0.717, 1.165) is 63.2 Å². The van der Waals surface area contributed by atoms with Crippen LogP contribution in [0.3, 0.4) is 0 Å². The lowest BCUT2D eigenvalue weighted by Crippen LogP contribution is -2.54. The molecule has 1 amide bonds. The Bertz CT molecular complexity index is 849. The molecule has 0 unspecified atom stereocenters. The van der Waals surface area contributed by atoms with Crippen molar-refractivity contribution in [1.29, 1.82) is 0 Å². The normalized spacial score (nSPS) is 23.2.